The van der Waals surface area contributed by atoms with Crippen molar-refractivity contribution in [2.75, 3.05) is 5.43 Å². The van der Waals surface area contributed by atoms with E-state index in [4.69, 9.17) is 9.84 Å². The lowest BCUT2D eigenvalue weighted by Crippen LogP contribution is -2.23. The van der Waals surface area contributed by atoms with E-state index in [1.54, 1.807) is 24.4 Å². The molecule has 0 fully saturated rings. The fourth-order valence-corrected chi connectivity index (χ4v) is 1.62. The van der Waals surface area contributed by atoms with Gasteiger partial charge in [-0.15, -0.1) is 0 Å². The molecular weight excluding hydrogens is 268 g/mol. The number of hydrazone groups is 1. The van der Waals surface area contributed by atoms with Gasteiger partial charge in [0.15, 0.2) is 6.10 Å². The minimum absolute atomic E-state index is 0.478. The number of benzene rings is 2. The van der Waals surface area contributed by atoms with Gasteiger partial charge in [0, 0.05) is 5.56 Å². The molecule has 2 N–H and O–H groups in total. The Morgan fingerprint density at radius 1 is 1.19 bits per heavy atom. The molecule has 0 aromatic heterocycles. The van der Waals surface area contributed by atoms with Crippen LogP contribution in [0.3, 0.4) is 0 Å². The van der Waals surface area contributed by atoms with Crippen molar-refractivity contribution in [3.63, 3.8) is 0 Å². The lowest BCUT2D eigenvalue weighted by molar-refractivity contribution is -0.144. The lowest BCUT2D eigenvalue weighted by atomic mass is 10.2. The number of hydrogen-bond donors (Lipinski definition) is 2. The zero-order valence-corrected chi connectivity index (χ0v) is 11.6. The lowest BCUT2D eigenvalue weighted by Gasteiger charge is -2.12. The molecule has 5 nitrogen and oxygen atoms in total. The van der Waals surface area contributed by atoms with Crippen LogP contribution in [0.25, 0.3) is 0 Å². The zero-order chi connectivity index (χ0) is 15.1. The largest absolute Gasteiger partial charge is 0.479 e. The zero-order valence-electron chi connectivity index (χ0n) is 11.6. The highest BCUT2D eigenvalue weighted by atomic mass is 16.5. The van der Waals surface area contributed by atoms with E-state index in [-0.39, 0.29) is 0 Å². The fourth-order valence-electron chi connectivity index (χ4n) is 1.62. The molecule has 1 unspecified atom stereocenters. The second kappa shape index (κ2) is 7.09. The van der Waals surface area contributed by atoms with Crippen molar-refractivity contribution in [1.29, 1.82) is 0 Å². The first-order chi connectivity index (χ1) is 10.2. The maximum absolute atomic E-state index is 10.8. The third-order valence-corrected chi connectivity index (χ3v) is 2.74. The Morgan fingerprint density at radius 2 is 1.86 bits per heavy atom. The van der Waals surface area contributed by atoms with Crippen LogP contribution in [0.5, 0.6) is 5.75 Å². The van der Waals surface area contributed by atoms with Crippen LogP contribution in [0.4, 0.5) is 5.69 Å². The van der Waals surface area contributed by atoms with Gasteiger partial charge in [-0.25, -0.2) is 4.79 Å². The van der Waals surface area contributed by atoms with Crippen molar-refractivity contribution in [2.45, 2.75) is 13.0 Å². The number of anilines is 1. The van der Waals surface area contributed by atoms with Gasteiger partial charge in [0.25, 0.3) is 0 Å². The van der Waals surface area contributed by atoms with Gasteiger partial charge in [0.2, 0.25) is 0 Å². The number of aliphatic carboxylic acids is 1. The van der Waals surface area contributed by atoms with Crippen molar-refractivity contribution in [3.8, 4) is 5.75 Å². The average molecular weight is 284 g/mol. The van der Waals surface area contributed by atoms with E-state index in [2.05, 4.69) is 10.5 Å². The predicted octanol–water partition coefficient (Wildman–Crippen LogP) is 2.98. The molecule has 0 saturated carbocycles. The Bertz CT molecular complexity index is 626. The normalized spacial score (nSPS) is 12.0. The van der Waals surface area contributed by atoms with E-state index in [1.807, 2.05) is 36.4 Å². The molecular formula is C16H16N2O3. The van der Waals surface area contributed by atoms with E-state index >= 15 is 0 Å². The van der Waals surface area contributed by atoms with Crippen LogP contribution < -0.4 is 10.2 Å². The quantitative estimate of drug-likeness (QED) is 0.632. The topological polar surface area (TPSA) is 70.9 Å². The van der Waals surface area contributed by atoms with Gasteiger partial charge in [-0.05, 0) is 31.2 Å². The summed E-state index contributed by atoms with van der Waals surface area (Å²) in [5.74, 6) is -0.532. The van der Waals surface area contributed by atoms with Gasteiger partial charge in [0.1, 0.15) is 5.75 Å². The summed E-state index contributed by atoms with van der Waals surface area (Å²) in [5, 5.41) is 13.0. The highest BCUT2D eigenvalue weighted by Gasteiger charge is 2.13. The summed E-state index contributed by atoms with van der Waals surface area (Å²) in [4.78, 5) is 10.8. The number of nitrogens with zero attached hydrogens (tertiary/aromatic N) is 1. The monoisotopic (exact) mass is 284 g/mol. The van der Waals surface area contributed by atoms with Crippen molar-refractivity contribution in [1.82, 2.24) is 0 Å². The van der Waals surface area contributed by atoms with E-state index in [1.165, 1.54) is 6.92 Å². The van der Waals surface area contributed by atoms with Crippen LogP contribution in [0.1, 0.15) is 12.5 Å². The average Bonchev–Trinajstić information content (AvgIpc) is 2.50. The molecule has 0 saturated heterocycles. The number of carboxylic acid groups (broad SMARTS) is 1. The van der Waals surface area contributed by atoms with Crippen molar-refractivity contribution in [3.05, 3.63) is 60.2 Å². The van der Waals surface area contributed by atoms with Crippen LogP contribution in [0.15, 0.2) is 59.7 Å². The number of carbonyl (C=O) groups is 1. The van der Waals surface area contributed by atoms with Gasteiger partial charge in [-0.1, -0.05) is 30.3 Å². The maximum atomic E-state index is 10.8. The number of ether oxygens (including phenoxy) is 1. The Labute approximate surface area is 122 Å². The third-order valence-electron chi connectivity index (χ3n) is 2.74. The first-order valence-corrected chi connectivity index (χ1v) is 6.49. The molecule has 21 heavy (non-hydrogen) atoms. The first kappa shape index (κ1) is 14.6. The van der Waals surface area contributed by atoms with E-state index in [9.17, 15) is 4.79 Å². The number of rotatable bonds is 6. The molecule has 108 valence electrons. The van der Waals surface area contributed by atoms with Crippen molar-refractivity contribution >= 4 is 17.9 Å². The Balaban J connectivity index is 2.07. The van der Waals surface area contributed by atoms with Crippen LogP contribution in [0.2, 0.25) is 0 Å². The second-order valence-electron chi connectivity index (χ2n) is 4.37. The number of carboxylic acids is 1. The minimum atomic E-state index is -1.01. The number of nitrogens with one attached hydrogen (secondary N) is 1. The van der Waals surface area contributed by atoms with Crippen LogP contribution in [-0.2, 0) is 4.79 Å². The summed E-state index contributed by atoms with van der Waals surface area (Å²) in [6, 6.07) is 16.7. The number of para-hydroxylation sites is 2. The summed E-state index contributed by atoms with van der Waals surface area (Å²) in [5.41, 5.74) is 4.46. The van der Waals surface area contributed by atoms with Crippen molar-refractivity contribution in [2.24, 2.45) is 5.10 Å². The molecule has 0 spiro atoms. The van der Waals surface area contributed by atoms with Crippen LogP contribution >= 0.6 is 0 Å². The molecule has 0 aliphatic heterocycles. The first-order valence-electron chi connectivity index (χ1n) is 6.49. The minimum Gasteiger partial charge on any atom is -0.479 e. The Kier molecular flexibility index (Phi) is 4.93. The summed E-state index contributed by atoms with van der Waals surface area (Å²) in [6.07, 6.45) is 0.679. The van der Waals surface area contributed by atoms with E-state index in [0.29, 0.717) is 11.3 Å². The van der Waals surface area contributed by atoms with Gasteiger partial charge >= 0.3 is 5.97 Å². The molecule has 0 bridgehead atoms. The van der Waals surface area contributed by atoms with Crippen molar-refractivity contribution < 1.29 is 14.6 Å². The molecule has 2 aromatic carbocycles. The maximum Gasteiger partial charge on any atom is 0.344 e. The van der Waals surface area contributed by atoms with Crippen LogP contribution in [-0.4, -0.2) is 23.4 Å². The van der Waals surface area contributed by atoms with Gasteiger partial charge < -0.3 is 9.84 Å². The SMILES string of the molecule is CC(Oc1ccccc1C=NNc1ccccc1)C(=O)O. The highest BCUT2D eigenvalue weighted by molar-refractivity contribution is 5.84. The summed E-state index contributed by atoms with van der Waals surface area (Å²) in [7, 11) is 0. The van der Waals surface area contributed by atoms with Gasteiger partial charge in [-0.3, -0.25) is 5.43 Å². The summed E-state index contributed by atoms with van der Waals surface area (Å²) in [6.45, 7) is 1.48. The summed E-state index contributed by atoms with van der Waals surface area (Å²) >= 11 is 0. The smallest absolute Gasteiger partial charge is 0.344 e. The van der Waals surface area contributed by atoms with Gasteiger partial charge in [-0.2, -0.15) is 5.10 Å². The Morgan fingerprint density at radius 3 is 2.57 bits per heavy atom. The van der Waals surface area contributed by atoms with E-state index in [0.717, 1.165) is 5.69 Å². The Hall–Kier alpha value is -2.82. The van der Waals surface area contributed by atoms with Crippen LogP contribution in [0, 0.1) is 0 Å². The molecule has 0 aliphatic carbocycles. The molecule has 0 amide bonds. The molecule has 2 aromatic rings. The molecule has 0 aliphatic rings. The van der Waals surface area contributed by atoms with E-state index < -0.39 is 12.1 Å². The second-order valence-corrected chi connectivity index (χ2v) is 4.37. The summed E-state index contributed by atoms with van der Waals surface area (Å²) < 4.78 is 5.39. The molecule has 0 heterocycles. The highest BCUT2D eigenvalue weighted by Crippen LogP contribution is 2.17. The molecule has 2 rings (SSSR count). The molecule has 1 atom stereocenters. The molecule has 0 radical (unpaired) electrons. The molecule has 5 heteroatoms. The third kappa shape index (κ3) is 4.35. The number of hydrogen-bond acceptors (Lipinski definition) is 4. The fraction of sp³-hybridized carbons (Fsp3) is 0.125. The standard InChI is InChI=1S/C16H16N2O3/c1-12(16(19)20)21-15-10-6-5-7-13(15)11-17-18-14-8-3-2-4-9-14/h2-12,18H,1H3,(H,19,20). The van der Waals surface area contributed by atoms with Gasteiger partial charge in [0.05, 0.1) is 11.9 Å². The predicted molar refractivity (Wildman–Crippen MR) is 81.8 cm³/mol.